The van der Waals surface area contributed by atoms with Gasteiger partial charge in [0.2, 0.25) is 5.91 Å². The number of hydrogen-bond donors (Lipinski definition) is 1. The summed E-state index contributed by atoms with van der Waals surface area (Å²) in [5.74, 6) is 0.377. The first kappa shape index (κ1) is 15.0. The molecule has 0 bridgehead atoms. The van der Waals surface area contributed by atoms with Gasteiger partial charge in [0, 0.05) is 18.4 Å². The predicted octanol–water partition coefficient (Wildman–Crippen LogP) is 3.42. The van der Waals surface area contributed by atoms with Gasteiger partial charge in [-0.05, 0) is 37.5 Å². The lowest BCUT2D eigenvalue weighted by atomic mass is 10.1. The highest BCUT2D eigenvalue weighted by Crippen LogP contribution is 2.30. The van der Waals surface area contributed by atoms with Gasteiger partial charge < -0.3 is 9.88 Å². The van der Waals surface area contributed by atoms with Crippen molar-refractivity contribution in [3.05, 3.63) is 52.3 Å². The standard InChI is InChI=1S/C16H17ClFN3O/c1-10-9-19-16(20-10)14-3-2-6-21(14)15(22)8-11-4-5-13(18)12(17)7-11/h4-5,7,9,14H,2-3,6,8H2,1H3,(H,19,20)/t14-/m0/s1. The van der Waals surface area contributed by atoms with Crippen LogP contribution >= 0.6 is 11.6 Å². The third-order valence-corrected chi connectivity index (χ3v) is 4.24. The number of benzene rings is 1. The van der Waals surface area contributed by atoms with Crippen LogP contribution in [-0.4, -0.2) is 27.3 Å². The first-order valence-corrected chi connectivity index (χ1v) is 7.67. The van der Waals surface area contributed by atoms with E-state index in [0.29, 0.717) is 0 Å². The number of nitrogens with one attached hydrogen (secondary N) is 1. The van der Waals surface area contributed by atoms with Gasteiger partial charge in [-0.25, -0.2) is 9.37 Å². The van der Waals surface area contributed by atoms with Crippen molar-refractivity contribution in [2.75, 3.05) is 6.54 Å². The Labute approximate surface area is 133 Å². The quantitative estimate of drug-likeness (QED) is 0.941. The minimum atomic E-state index is -0.469. The topological polar surface area (TPSA) is 49.0 Å². The molecule has 1 aromatic carbocycles. The zero-order valence-corrected chi connectivity index (χ0v) is 13.0. The van der Waals surface area contributed by atoms with Gasteiger partial charge >= 0.3 is 0 Å². The highest BCUT2D eigenvalue weighted by atomic mass is 35.5. The maximum atomic E-state index is 13.2. The summed E-state index contributed by atoms with van der Waals surface area (Å²) < 4.78 is 13.2. The molecule has 1 aliphatic rings. The van der Waals surface area contributed by atoms with E-state index in [4.69, 9.17) is 11.6 Å². The molecule has 2 heterocycles. The molecule has 0 unspecified atom stereocenters. The molecule has 6 heteroatoms. The maximum absolute atomic E-state index is 13.2. The number of rotatable bonds is 3. The number of carbonyl (C=O) groups is 1. The molecule has 1 saturated heterocycles. The van der Waals surface area contributed by atoms with E-state index >= 15 is 0 Å². The van der Waals surface area contributed by atoms with E-state index in [1.807, 2.05) is 11.8 Å². The van der Waals surface area contributed by atoms with E-state index in [0.717, 1.165) is 36.5 Å². The Hall–Kier alpha value is -1.88. The number of amides is 1. The van der Waals surface area contributed by atoms with Crippen LogP contribution in [0.1, 0.15) is 36.0 Å². The number of hydrogen-bond acceptors (Lipinski definition) is 2. The van der Waals surface area contributed by atoms with Crippen molar-refractivity contribution < 1.29 is 9.18 Å². The molecule has 1 aliphatic heterocycles. The lowest BCUT2D eigenvalue weighted by molar-refractivity contribution is -0.131. The molecule has 2 aromatic rings. The Balaban J connectivity index is 1.74. The van der Waals surface area contributed by atoms with Crippen molar-refractivity contribution in [3.63, 3.8) is 0 Å². The third-order valence-electron chi connectivity index (χ3n) is 3.95. The van der Waals surface area contributed by atoms with E-state index in [1.165, 1.54) is 12.1 Å². The molecule has 1 N–H and O–H groups in total. The summed E-state index contributed by atoms with van der Waals surface area (Å²) in [6, 6.07) is 4.40. The zero-order valence-electron chi connectivity index (χ0n) is 12.3. The van der Waals surface area contributed by atoms with Crippen molar-refractivity contribution in [3.8, 4) is 0 Å². The van der Waals surface area contributed by atoms with Crippen LogP contribution in [0.25, 0.3) is 0 Å². The van der Waals surface area contributed by atoms with Crippen LogP contribution in [-0.2, 0) is 11.2 Å². The first-order valence-electron chi connectivity index (χ1n) is 7.29. The smallest absolute Gasteiger partial charge is 0.227 e. The second-order valence-corrected chi connectivity index (χ2v) is 6.03. The van der Waals surface area contributed by atoms with Gasteiger partial charge in [0.25, 0.3) is 0 Å². The minimum Gasteiger partial charge on any atom is -0.344 e. The second-order valence-electron chi connectivity index (χ2n) is 5.62. The maximum Gasteiger partial charge on any atom is 0.227 e. The molecule has 0 aliphatic carbocycles. The van der Waals surface area contributed by atoms with Crippen molar-refractivity contribution in [2.45, 2.75) is 32.2 Å². The summed E-state index contributed by atoms with van der Waals surface area (Å²) in [7, 11) is 0. The van der Waals surface area contributed by atoms with Crippen LogP contribution in [0.15, 0.2) is 24.4 Å². The number of likely N-dealkylation sites (tertiary alicyclic amines) is 1. The molecule has 3 rings (SSSR count). The number of aryl methyl sites for hydroxylation is 1. The van der Waals surface area contributed by atoms with Gasteiger partial charge in [0.1, 0.15) is 11.6 Å². The highest BCUT2D eigenvalue weighted by Gasteiger charge is 2.31. The number of aromatic nitrogens is 2. The SMILES string of the molecule is Cc1cnc([C@@H]2CCCN2C(=O)Cc2ccc(F)c(Cl)c2)[nH]1. The Morgan fingerprint density at radius 3 is 3.05 bits per heavy atom. The summed E-state index contributed by atoms with van der Waals surface area (Å²) in [5, 5.41) is 0.0462. The molecular weight excluding hydrogens is 305 g/mol. The number of H-pyrrole nitrogens is 1. The fraction of sp³-hybridized carbons (Fsp3) is 0.375. The van der Waals surface area contributed by atoms with Gasteiger partial charge in [-0.1, -0.05) is 17.7 Å². The molecular formula is C16H17ClFN3O. The summed E-state index contributed by atoms with van der Waals surface area (Å²) in [4.78, 5) is 21.9. The number of nitrogens with zero attached hydrogens (tertiary/aromatic N) is 2. The normalized spacial score (nSPS) is 18.0. The van der Waals surface area contributed by atoms with Crippen LogP contribution in [0.4, 0.5) is 4.39 Å². The molecule has 4 nitrogen and oxygen atoms in total. The first-order chi connectivity index (χ1) is 10.5. The number of carbonyl (C=O) groups excluding carboxylic acids is 1. The van der Waals surface area contributed by atoms with Crippen molar-refractivity contribution in [2.24, 2.45) is 0 Å². The van der Waals surface area contributed by atoms with E-state index in [2.05, 4.69) is 9.97 Å². The van der Waals surface area contributed by atoms with E-state index < -0.39 is 5.82 Å². The monoisotopic (exact) mass is 321 g/mol. The average molecular weight is 322 g/mol. The lowest BCUT2D eigenvalue weighted by Gasteiger charge is -2.23. The second kappa shape index (κ2) is 6.08. The van der Waals surface area contributed by atoms with Gasteiger partial charge in [0.05, 0.1) is 17.5 Å². The summed E-state index contributed by atoms with van der Waals surface area (Å²) in [5.41, 5.74) is 1.71. The molecule has 0 spiro atoms. The predicted molar refractivity (Wildman–Crippen MR) is 82.1 cm³/mol. The number of halogens is 2. The molecule has 116 valence electrons. The summed E-state index contributed by atoms with van der Waals surface area (Å²) in [6.45, 7) is 2.66. The number of aromatic amines is 1. The molecule has 22 heavy (non-hydrogen) atoms. The number of imidazole rings is 1. The molecule has 1 atom stereocenters. The summed E-state index contributed by atoms with van der Waals surface area (Å²) in [6.07, 6.45) is 3.86. The van der Waals surface area contributed by atoms with Crippen LogP contribution in [0.5, 0.6) is 0 Å². The van der Waals surface area contributed by atoms with E-state index in [1.54, 1.807) is 12.3 Å². The fourth-order valence-corrected chi connectivity index (χ4v) is 3.08. The fourth-order valence-electron chi connectivity index (χ4n) is 2.88. The third kappa shape index (κ3) is 2.99. The lowest BCUT2D eigenvalue weighted by Crippen LogP contribution is -2.32. The Bertz CT molecular complexity index is 700. The summed E-state index contributed by atoms with van der Waals surface area (Å²) >= 11 is 5.77. The Morgan fingerprint density at radius 2 is 2.36 bits per heavy atom. The molecule has 0 saturated carbocycles. The zero-order chi connectivity index (χ0) is 15.7. The van der Waals surface area contributed by atoms with Crippen molar-refractivity contribution in [1.29, 1.82) is 0 Å². The molecule has 1 fully saturated rings. The van der Waals surface area contributed by atoms with E-state index in [-0.39, 0.29) is 23.4 Å². The van der Waals surface area contributed by atoms with Gasteiger partial charge in [-0.3, -0.25) is 4.79 Å². The largest absolute Gasteiger partial charge is 0.344 e. The minimum absolute atomic E-state index is 0.00267. The van der Waals surface area contributed by atoms with Crippen LogP contribution in [0, 0.1) is 12.7 Å². The van der Waals surface area contributed by atoms with Crippen LogP contribution < -0.4 is 0 Å². The van der Waals surface area contributed by atoms with Crippen LogP contribution in [0.3, 0.4) is 0 Å². The van der Waals surface area contributed by atoms with Crippen LogP contribution in [0.2, 0.25) is 5.02 Å². The molecule has 1 amide bonds. The van der Waals surface area contributed by atoms with Crippen molar-refractivity contribution in [1.82, 2.24) is 14.9 Å². The van der Waals surface area contributed by atoms with E-state index in [9.17, 15) is 9.18 Å². The van der Waals surface area contributed by atoms with Gasteiger partial charge in [-0.2, -0.15) is 0 Å². The Kier molecular flexibility index (Phi) is 4.16. The Morgan fingerprint density at radius 1 is 1.55 bits per heavy atom. The van der Waals surface area contributed by atoms with Gasteiger partial charge in [-0.15, -0.1) is 0 Å². The molecule has 0 radical (unpaired) electrons. The van der Waals surface area contributed by atoms with Crippen molar-refractivity contribution >= 4 is 17.5 Å². The average Bonchev–Trinajstić information content (AvgIpc) is 3.11. The molecule has 1 aromatic heterocycles. The van der Waals surface area contributed by atoms with Gasteiger partial charge in [0.15, 0.2) is 0 Å². The highest BCUT2D eigenvalue weighted by molar-refractivity contribution is 6.30.